The van der Waals surface area contributed by atoms with Gasteiger partial charge in [-0.15, -0.1) is 0 Å². The van der Waals surface area contributed by atoms with Crippen LogP contribution in [0.2, 0.25) is 9.13 Å². The Morgan fingerprint density at radius 3 is 2.72 bits per heavy atom. The van der Waals surface area contributed by atoms with Gasteiger partial charge in [0.1, 0.15) is 0 Å². The van der Waals surface area contributed by atoms with Crippen LogP contribution in [-0.4, -0.2) is 45.9 Å². The second-order valence-electron chi connectivity index (χ2n) is 9.79. The SMILES string of the molecule is CC1(C)[C@@H]2CC[C@@]1(C)C1(CNC(=O)O1)[C@H]2[Se]C12CCCCC1OCC2. The van der Waals surface area contributed by atoms with E-state index in [9.17, 15) is 4.79 Å². The molecule has 0 radical (unpaired) electrons. The van der Waals surface area contributed by atoms with E-state index in [1.54, 1.807) is 0 Å². The van der Waals surface area contributed by atoms with E-state index < -0.39 is 0 Å². The van der Waals surface area contributed by atoms with Crippen LogP contribution < -0.4 is 5.32 Å². The van der Waals surface area contributed by atoms with Gasteiger partial charge in [0.25, 0.3) is 0 Å². The molecule has 1 N–H and O–H groups in total. The fourth-order valence-corrected chi connectivity index (χ4v) is 12.4. The first-order chi connectivity index (χ1) is 11.8. The van der Waals surface area contributed by atoms with Gasteiger partial charge >= 0.3 is 157 Å². The molecule has 6 atom stereocenters. The minimum absolute atomic E-state index is 0.0938. The maximum absolute atomic E-state index is 12.1. The second-order valence-corrected chi connectivity index (χ2v) is 13.1. The number of carbonyl (C=O) groups is 1. The van der Waals surface area contributed by atoms with Gasteiger partial charge < -0.3 is 0 Å². The monoisotopic (exact) mass is 413 g/mol. The van der Waals surface area contributed by atoms with Gasteiger partial charge in [-0.3, -0.25) is 0 Å². The van der Waals surface area contributed by atoms with Gasteiger partial charge in [0.05, 0.1) is 0 Å². The molecule has 3 saturated carbocycles. The normalized spacial score (nSPS) is 53.1. The van der Waals surface area contributed by atoms with E-state index in [-0.39, 0.29) is 22.5 Å². The molecule has 25 heavy (non-hydrogen) atoms. The number of hydrogen-bond donors (Lipinski definition) is 1. The van der Waals surface area contributed by atoms with E-state index in [0.717, 1.165) is 13.2 Å². The summed E-state index contributed by atoms with van der Waals surface area (Å²) in [7, 11) is 0. The standard InChI is InChI=1S/C20H31NO3Se/c1-17(2)13-7-9-18(17,3)20(12-21-16(22)24-20)15(13)25-19-8-5-4-6-14(19)23-11-10-19/h13-15H,4-12H2,1-3H3,(H,21,22)/t13-,14?,15+,18-,19?,20?/m1/s1. The summed E-state index contributed by atoms with van der Waals surface area (Å²) in [4.78, 5) is 12.7. The fraction of sp³-hybridized carbons (Fsp3) is 0.950. The molecule has 2 saturated heterocycles. The Kier molecular flexibility index (Phi) is 3.49. The van der Waals surface area contributed by atoms with Crippen molar-refractivity contribution in [1.29, 1.82) is 0 Å². The average molecular weight is 412 g/mol. The van der Waals surface area contributed by atoms with Crippen molar-refractivity contribution >= 4 is 21.1 Å². The maximum atomic E-state index is 12.1. The molecule has 3 unspecified atom stereocenters. The summed E-state index contributed by atoms with van der Waals surface area (Å²) < 4.78 is 12.8. The number of ether oxygens (including phenoxy) is 2. The molecule has 0 aromatic carbocycles. The second kappa shape index (κ2) is 5.17. The summed E-state index contributed by atoms with van der Waals surface area (Å²) in [5.74, 6) is 0.683. The van der Waals surface area contributed by atoms with Crippen molar-refractivity contribution in [3.63, 3.8) is 0 Å². The third kappa shape index (κ3) is 1.91. The van der Waals surface area contributed by atoms with Crippen LogP contribution in [0, 0.1) is 16.7 Å². The molecule has 2 bridgehead atoms. The fourth-order valence-electron chi connectivity index (χ4n) is 7.07. The summed E-state index contributed by atoms with van der Waals surface area (Å²) in [5.41, 5.74) is 0.0539. The first kappa shape index (κ1) is 16.9. The van der Waals surface area contributed by atoms with Crippen molar-refractivity contribution in [3.05, 3.63) is 0 Å². The number of hydrogen-bond acceptors (Lipinski definition) is 3. The van der Waals surface area contributed by atoms with Gasteiger partial charge in [-0.25, -0.2) is 0 Å². The molecular formula is C20H31NO3Se. The quantitative estimate of drug-likeness (QED) is 0.699. The summed E-state index contributed by atoms with van der Waals surface area (Å²) in [6, 6.07) is 0. The topological polar surface area (TPSA) is 47.6 Å². The number of alkyl carbamates (subject to hydrolysis) is 1. The van der Waals surface area contributed by atoms with Crippen molar-refractivity contribution in [2.45, 2.75) is 86.6 Å². The third-order valence-corrected chi connectivity index (χ3v) is 13.4. The van der Waals surface area contributed by atoms with Crippen LogP contribution in [0.4, 0.5) is 4.79 Å². The van der Waals surface area contributed by atoms with Gasteiger partial charge in [0.15, 0.2) is 0 Å². The molecule has 1 spiro atoms. The zero-order chi connectivity index (χ0) is 17.5. The van der Waals surface area contributed by atoms with Crippen LogP contribution in [0.25, 0.3) is 0 Å². The zero-order valence-corrected chi connectivity index (χ0v) is 17.4. The number of nitrogens with one attached hydrogen (secondary N) is 1. The molecule has 0 aromatic heterocycles. The van der Waals surface area contributed by atoms with Crippen molar-refractivity contribution in [1.82, 2.24) is 5.32 Å². The average Bonchev–Trinajstić information content (AvgIpc) is 3.24. The number of carbonyl (C=O) groups excluding carboxylic acids is 1. The molecule has 5 rings (SSSR count). The van der Waals surface area contributed by atoms with Crippen LogP contribution >= 0.6 is 0 Å². The van der Waals surface area contributed by atoms with E-state index in [2.05, 4.69) is 26.1 Å². The van der Waals surface area contributed by atoms with Gasteiger partial charge in [-0.1, -0.05) is 0 Å². The van der Waals surface area contributed by atoms with Gasteiger partial charge in [0.2, 0.25) is 0 Å². The molecule has 5 aliphatic rings. The molecule has 4 nitrogen and oxygen atoms in total. The van der Waals surface area contributed by atoms with E-state index in [0.29, 0.717) is 36.1 Å². The van der Waals surface area contributed by atoms with E-state index >= 15 is 0 Å². The summed E-state index contributed by atoms with van der Waals surface area (Å²) in [5, 5.41) is 3.04. The number of fused-ring (bicyclic) bond motifs is 4. The van der Waals surface area contributed by atoms with Crippen LogP contribution in [0.1, 0.15) is 65.7 Å². The van der Waals surface area contributed by atoms with Gasteiger partial charge in [-0.2, -0.15) is 0 Å². The van der Waals surface area contributed by atoms with E-state index in [1.807, 2.05) is 0 Å². The minimum atomic E-state index is -0.282. The van der Waals surface area contributed by atoms with E-state index in [4.69, 9.17) is 9.47 Å². The van der Waals surface area contributed by atoms with Crippen molar-refractivity contribution < 1.29 is 14.3 Å². The molecule has 0 aromatic rings. The predicted molar refractivity (Wildman–Crippen MR) is 96.8 cm³/mol. The van der Waals surface area contributed by atoms with Crippen LogP contribution in [0.3, 0.4) is 0 Å². The van der Waals surface area contributed by atoms with E-state index in [1.165, 1.54) is 44.9 Å². The number of amides is 1. The molecule has 2 aliphatic heterocycles. The summed E-state index contributed by atoms with van der Waals surface area (Å²) >= 11 is 0.459. The molecule has 140 valence electrons. The molecule has 5 fully saturated rings. The Balaban J connectivity index is 1.55. The van der Waals surface area contributed by atoms with Crippen molar-refractivity contribution in [3.8, 4) is 0 Å². The molecule has 2 heterocycles. The Morgan fingerprint density at radius 1 is 1.12 bits per heavy atom. The first-order valence-electron chi connectivity index (χ1n) is 10.1. The van der Waals surface area contributed by atoms with Crippen LogP contribution in [0.15, 0.2) is 0 Å². The Hall–Kier alpha value is -0.251. The first-order valence-corrected chi connectivity index (χ1v) is 12.0. The Labute approximate surface area is 157 Å². The molecule has 3 aliphatic carbocycles. The summed E-state index contributed by atoms with van der Waals surface area (Å²) in [6.07, 6.45) is 9.25. The van der Waals surface area contributed by atoms with Crippen molar-refractivity contribution in [2.24, 2.45) is 16.7 Å². The zero-order valence-electron chi connectivity index (χ0n) is 15.7. The predicted octanol–water partition coefficient (Wildman–Crippen LogP) is 3.94. The number of rotatable bonds is 2. The van der Waals surface area contributed by atoms with Gasteiger partial charge in [0, 0.05) is 0 Å². The van der Waals surface area contributed by atoms with Crippen LogP contribution in [-0.2, 0) is 9.47 Å². The summed E-state index contributed by atoms with van der Waals surface area (Å²) in [6.45, 7) is 8.95. The molecular weight excluding hydrogens is 381 g/mol. The molecule has 1 amide bonds. The van der Waals surface area contributed by atoms with Gasteiger partial charge in [-0.05, 0) is 0 Å². The Morgan fingerprint density at radius 2 is 1.96 bits per heavy atom. The molecule has 5 heteroatoms. The Bertz CT molecular complexity index is 610. The third-order valence-electron chi connectivity index (χ3n) is 8.94. The van der Waals surface area contributed by atoms with Crippen LogP contribution in [0.5, 0.6) is 0 Å². The van der Waals surface area contributed by atoms with Crippen molar-refractivity contribution in [2.75, 3.05) is 13.2 Å².